The van der Waals surface area contributed by atoms with Crippen molar-refractivity contribution in [3.8, 4) is 0 Å². The van der Waals surface area contributed by atoms with E-state index in [0.29, 0.717) is 5.41 Å². The summed E-state index contributed by atoms with van der Waals surface area (Å²) in [6.45, 7) is 8.72. The second kappa shape index (κ2) is 7.87. The molecule has 0 saturated heterocycles. The topological polar surface area (TPSA) is 15.6 Å². The van der Waals surface area contributed by atoms with Crippen LogP contribution in [0.4, 0.5) is 11.4 Å². The van der Waals surface area contributed by atoms with Crippen molar-refractivity contribution < 1.29 is 0 Å². The quantitative estimate of drug-likeness (QED) is 0.474. The zero-order valence-electron chi connectivity index (χ0n) is 18.9. The molecule has 0 N–H and O–H groups in total. The second-order valence-electron chi connectivity index (χ2n) is 10.2. The zero-order chi connectivity index (χ0) is 20.7. The van der Waals surface area contributed by atoms with E-state index in [9.17, 15) is 0 Å². The number of anilines is 1. The molecule has 4 saturated carbocycles. The number of benzene rings is 2. The van der Waals surface area contributed by atoms with Crippen molar-refractivity contribution in [1.29, 1.82) is 0 Å². The Morgan fingerprint density at radius 2 is 1.50 bits per heavy atom. The fourth-order valence-electron chi connectivity index (χ4n) is 7.10. The van der Waals surface area contributed by atoms with Crippen molar-refractivity contribution in [3.63, 3.8) is 0 Å². The van der Waals surface area contributed by atoms with Gasteiger partial charge >= 0.3 is 0 Å². The van der Waals surface area contributed by atoms with E-state index >= 15 is 0 Å². The Hall–Kier alpha value is -2.09. The minimum Gasteiger partial charge on any atom is -0.372 e. The molecule has 4 aliphatic rings. The molecule has 0 atom stereocenters. The third-order valence-corrected chi connectivity index (χ3v) is 8.22. The number of aryl methyl sites for hydroxylation is 1. The number of nitrogens with zero attached hydrogens (tertiary/aromatic N) is 2. The van der Waals surface area contributed by atoms with Crippen LogP contribution in [-0.4, -0.2) is 19.3 Å². The van der Waals surface area contributed by atoms with Gasteiger partial charge in [0.25, 0.3) is 0 Å². The maximum Gasteiger partial charge on any atom is 0.0659 e. The molecule has 0 amide bonds. The highest BCUT2D eigenvalue weighted by molar-refractivity contribution is 5.83. The molecule has 0 aliphatic heterocycles. The summed E-state index contributed by atoms with van der Waals surface area (Å²) < 4.78 is 0. The lowest BCUT2D eigenvalue weighted by molar-refractivity contribution is -0.00520. The maximum atomic E-state index is 4.84. The summed E-state index contributed by atoms with van der Waals surface area (Å²) in [6.07, 6.45) is 10.8. The zero-order valence-corrected chi connectivity index (χ0v) is 18.9. The lowest BCUT2D eigenvalue weighted by atomic mass is 9.48. The first-order chi connectivity index (χ1) is 14.6. The summed E-state index contributed by atoms with van der Waals surface area (Å²) in [5, 5.41) is 0. The summed E-state index contributed by atoms with van der Waals surface area (Å²) in [5.41, 5.74) is 6.95. The van der Waals surface area contributed by atoms with Crippen LogP contribution < -0.4 is 4.90 Å². The lowest BCUT2D eigenvalue weighted by Crippen LogP contribution is -2.48. The maximum absolute atomic E-state index is 4.84. The van der Waals surface area contributed by atoms with Crippen molar-refractivity contribution in [2.45, 2.75) is 64.7 Å². The molecule has 0 spiro atoms. The summed E-state index contributed by atoms with van der Waals surface area (Å²) in [6, 6.07) is 15.9. The normalized spacial score (nSPS) is 29.6. The molecule has 0 radical (unpaired) electrons. The van der Waals surface area contributed by atoms with Gasteiger partial charge < -0.3 is 4.90 Å². The van der Waals surface area contributed by atoms with Gasteiger partial charge in [-0.1, -0.05) is 24.3 Å². The molecule has 4 aliphatic carbocycles. The predicted molar refractivity (Wildman–Crippen MR) is 128 cm³/mol. The minimum absolute atomic E-state index is 0.474. The summed E-state index contributed by atoms with van der Waals surface area (Å²) in [4.78, 5) is 7.21. The Labute approximate surface area is 182 Å². The van der Waals surface area contributed by atoms with Crippen LogP contribution in [0.2, 0.25) is 0 Å². The molecule has 2 nitrogen and oxygen atoms in total. The largest absolute Gasteiger partial charge is 0.372 e. The van der Waals surface area contributed by atoms with Crippen molar-refractivity contribution >= 4 is 17.6 Å². The van der Waals surface area contributed by atoms with Gasteiger partial charge in [-0.15, -0.1) is 0 Å². The first-order valence-corrected chi connectivity index (χ1v) is 12.1. The van der Waals surface area contributed by atoms with Crippen LogP contribution in [0.5, 0.6) is 0 Å². The summed E-state index contributed by atoms with van der Waals surface area (Å²) in [5.74, 6) is 2.98. The molecule has 2 heteroatoms. The molecular formula is C28H36N2. The van der Waals surface area contributed by atoms with Crippen LogP contribution in [-0.2, 0) is 5.41 Å². The molecule has 4 fully saturated rings. The molecule has 6 rings (SSSR count). The van der Waals surface area contributed by atoms with Gasteiger partial charge in [0, 0.05) is 25.0 Å². The van der Waals surface area contributed by atoms with Gasteiger partial charge in [0.15, 0.2) is 0 Å². The minimum atomic E-state index is 0.474. The van der Waals surface area contributed by atoms with Gasteiger partial charge in [-0.05, 0) is 117 Å². The van der Waals surface area contributed by atoms with Crippen molar-refractivity contribution in [1.82, 2.24) is 0 Å². The molecule has 4 bridgehead atoms. The van der Waals surface area contributed by atoms with E-state index in [1.807, 2.05) is 6.21 Å². The molecule has 158 valence electrons. The third-order valence-electron chi connectivity index (χ3n) is 8.22. The van der Waals surface area contributed by atoms with Gasteiger partial charge in [-0.2, -0.15) is 0 Å². The fourth-order valence-corrected chi connectivity index (χ4v) is 7.10. The van der Waals surface area contributed by atoms with Crippen molar-refractivity contribution in [3.05, 3.63) is 59.2 Å². The highest BCUT2D eigenvalue weighted by Gasteiger charge is 2.51. The average molecular weight is 401 g/mol. The molecule has 0 aromatic heterocycles. The highest BCUT2D eigenvalue weighted by Crippen LogP contribution is 2.60. The fraction of sp³-hybridized carbons (Fsp3) is 0.536. The summed E-state index contributed by atoms with van der Waals surface area (Å²) >= 11 is 0. The van der Waals surface area contributed by atoms with Crippen molar-refractivity contribution in [2.24, 2.45) is 22.7 Å². The SMILES string of the molecule is CCN(CC)c1ccc(C=Nc2ccc(C34CC5CC(CC(C5)C3)C4)cc2C)cc1. The Morgan fingerprint density at radius 3 is 2.03 bits per heavy atom. The molecule has 30 heavy (non-hydrogen) atoms. The lowest BCUT2D eigenvalue weighted by Gasteiger charge is -2.57. The summed E-state index contributed by atoms with van der Waals surface area (Å²) in [7, 11) is 0. The first kappa shape index (κ1) is 19.8. The van der Waals surface area contributed by atoms with E-state index in [-0.39, 0.29) is 0 Å². The monoisotopic (exact) mass is 400 g/mol. The van der Waals surface area contributed by atoms with E-state index in [0.717, 1.165) is 42.1 Å². The number of aliphatic imine (C=N–C) groups is 1. The Morgan fingerprint density at radius 1 is 0.900 bits per heavy atom. The van der Waals surface area contributed by atoms with Crippen LogP contribution in [0.25, 0.3) is 0 Å². The molecule has 2 aromatic rings. The first-order valence-electron chi connectivity index (χ1n) is 12.1. The number of hydrogen-bond acceptors (Lipinski definition) is 2. The Bertz CT molecular complexity index is 885. The van der Waals surface area contributed by atoms with Gasteiger partial charge in [0.2, 0.25) is 0 Å². The van der Waals surface area contributed by atoms with Crippen LogP contribution >= 0.6 is 0 Å². The Balaban J connectivity index is 1.33. The van der Waals surface area contributed by atoms with E-state index in [1.54, 1.807) is 5.56 Å². The predicted octanol–water partition coefficient (Wildman–Crippen LogP) is 7.06. The Kier molecular flexibility index (Phi) is 5.21. The highest BCUT2D eigenvalue weighted by atomic mass is 15.1. The van der Waals surface area contributed by atoms with Gasteiger partial charge in [-0.25, -0.2) is 0 Å². The van der Waals surface area contributed by atoms with Crippen LogP contribution in [0, 0.1) is 24.7 Å². The standard InChI is InChI=1S/C28H36N2/c1-4-30(5-2)26-9-6-21(7-10-26)19-29-27-11-8-25(12-20(27)3)28-16-22-13-23(17-28)15-24(14-22)18-28/h6-12,19,22-24H,4-5,13-18H2,1-3H3. The van der Waals surface area contributed by atoms with Crippen LogP contribution in [0.1, 0.15) is 69.1 Å². The molecule has 0 unspecified atom stereocenters. The number of rotatable bonds is 6. The second-order valence-corrected chi connectivity index (χ2v) is 10.2. The van der Waals surface area contributed by atoms with Crippen molar-refractivity contribution in [2.75, 3.05) is 18.0 Å². The third kappa shape index (κ3) is 3.59. The molecule has 0 heterocycles. The van der Waals surface area contributed by atoms with E-state index in [4.69, 9.17) is 4.99 Å². The van der Waals surface area contributed by atoms with E-state index in [2.05, 4.69) is 68.1 Å². The van der Waals surface area contributed by atoms with Crippen LogP contribution in [0.15, 0.2) is 47.5 Å². The van der Waals surface area contributed by atoms with Gasteiger partial charge in [0.05, 0.1) is 5.69 Å². The average Bonchev–Trinajstić information content (AvgIpc) is 2.74. The van der Waals surface area contributed by atoms with Crippen LogP contribution in [0.3, 0.4) is 0 Å². The van der Waals surface area contributed by atoms with Gasteiger partial charge in [-0.3, -0.25) is 4.99 Å². The van der Waals surface area contributed by atoms with E-state index < -0.39 is 0 Å². The smallest absolute Gasteiger partial charge is 0.0659 e. The number of hydrogen-bond donors (Lipinski definition) is 0. The molecular weight excluding hydrogens is 364 g/mol. The molecule has 2 aromatic carbocycles. The van der Waals surface area contributed by atoms with Gasteiger partial charge in [0.1, 0.15) is 0 Å². The van der Waals surface area contributed by atoms with E-state index in [1.165, 1.54) is 49.8 Å².